The Morgan fingerprint density at radius 2 is 2.12 bits per heavy atom. The highest BCUT2D eigenvalue weighted by molar-refractivity contribution is 5.94. The first-order valence-electron chi connectivity index (χ1n) is 5.19. The van der Waals surface area contributed by atoms with Crippen molar-refractivity contribution in [1.29, 1.82) is 0 Å². The van der Waals surface area contributed by atoms with Gasteiger partial charge in [-0.25, -0.2) is 4.98 Å². The van der Waals surface area contributed by atoms with Gasteiger partial charge in [-0.05, 0) is 26.0 Å². The zero-order valence-corrected chi connectivity index (χ0v) is 9.66. The Hall–Kier alpha value is -1.98. The molecule has 0 aliphatic rings. The fraction of sp³-hybridized carbons (Fsp3) is 0.364. The molecule has 1 heterocycles. The van der Waals surface area contributed by atoms with E-state index in [1.807, 2.05) is 13.8 Å². The lowest BCUT2D eigenvalue weighted by atomic mass is 10.3. The van der Waals surface area contributed by atoms with Crippen LogP contribution in [-0.4, -0.2) is 29.4 Å². The molecule has 0 fully saturated rings. The van der Waals surface area contributed by atoms with Gasteiger partial charge in [0.25, 0.3) is 5.91 Å². The van der Waals surface area contributed by atoms with Gasteiger partial charge in [-0.15, -0.1) is 0 Å². The minimum Gasteiger partial charge on any atom is -0.352 e. The molecule has 0 saturated heterocycles. The van der Waals surface area contributed by atoms with Crippen LogP contribution < -0.4 is 10.6 Å². The first-order valence-corrected chi connectivity index (χ1v) is 5.19. The summed E-state index contributed by atoms with van der Waals surface area (Å²) in [5.41, 5.74) is -0.0534. The molecule has 1 rings (SSSR count). The van der Waals surface area contributed by atoms with E-state index < -0.39 is 11.9 Å². The van der Waals surface area contributed by atoms with Crippen molar-refractivity contribution in [3.05, 3.63) is 29.8 Å². The van der Waals surface area contributed by atoms with E-state index in [1.54, 1.807) is 0 Å². The van der Waals surface area contributed by atoms with Crippen molar-refractivity contribution < 1.29 is 14.0 Å². The van der Waals surface area contributed by atoms with Gasteiger partial charge in [0.1, 0.15) is 5.69 Å². The van der Waals surface area contributed by atoms with Crippen LogP contribution in [0.1, 0.15) is 24.3 Å². The predicted octanol–water partition coefficient (Wildman–Crippen LogP) is 0.475. The standard InChI is InChI=1S/C11H14FN3O2/c1-7(2)14-10(16)6-13-11(17)8-4-3-5-9(12)15-8/h3-5,7H,6H2,1-2H3,(H,13,17)(H,14,16). The smallest absolute Gasteiger partial charge is 0.270 e. The maximum Gasteiger partial charge on any atom is 0.270 e. The minimum absolute atomic E-state index is 0.00620. The van der Waals surface area contributed by atoms with E-state index in [0.29, 0.717) is 0 Å². The van der Waals surface area contributed by atoms with Crippen LogP contribution in [0.2, 0.25) is 0 Å². The van der Waals surface area contributed by atoms with E-state index in [-0.39, 0.29) is 24.2 Å². The van der Waals surface area contributed by atoms with Gasteiger partial charge in [-0.2, -0.15) is 4.39 Å². The molecule has 0 atom stereocenters. The molecule has 1 aromatic rings. The number of pyridine rings is 1. The van der Waals surface area contributed by atoms with E-state index in [2.05, 4.69) is 15.6 Å². The van der Waals surface area contributed by atoms with Gasteiger partial charge in [-0.3, -0.25) is 9.59 Å². The van der Waals surface area contributed by atoms with Crippen LogP contribution in [0.25, 0.3) is 0 Å². The van der Waals surface area contributed by atoms with Crippen LogP contribution in [0.4, 0.5) is 4.39 Å². The molecule has 0 unspecified atom stereocenters. The fourth-order valence-electron chi connectivity index (χ4n) is 1.16. The molecular weight excluding hydrogens is 225 g/mol. The molecule has 17 heavy (non-hydrogen) atoms. The minimum atomic E-state index is -0.732. The summed E-state index contributed by atoms with van der Waals surface area (Å²) >= 11 is 0. The zero-order valence-electron chi connectivity index (χ0n) is 9.66. The maximum atomic E-state index is 12.7. The van der Waals surface area contributed by atoms with Crippen LogP contribution >= 0.6 is 0 Å². The second kappa shape index (κ2) is 5.93. The summed E-state index contributed by atoms with van der Waals surface area (Å²) in [6.45, 7) is 3.47. The summed E-state index contributed by atoms with van der Waals surface area (Å²) in [7, 11) is 0. The Labute approximate surface area is 98.4 Å². The van der Waals surface area contributed by atoms with Crippen LogP contribution in [0.5, 0.6) is 0 Å². The number of carbonyl (C=O) groups excluding carboxylic acids is 2. The average molecular weight is 239 g/mol. The molecular formula is C11H14FN3O2. The molecule has 0 aromatic carbocycles. The third-order valence-corrected chi connectivity index (χ3v) is 1.81. The topological polar surface area (TPSA) is 71.1 Å². The van der Waals surface area contributed by atoms with Crippen molar-refractivity contribution in [1.82, 2.24) is 15.6 Å². The number of amides is 2. The second-order valence-corrected chi connectivity index (χ2v) is 3.75. The van der Waals surface area contributed by atoms with E-state index in [4.69, 9.17) is 0 Å². The molecule has 0 aliphatic carbocycles. The Morgan fingerprint density at radius 1 is 1.41 bits per heavy atom. The lowest BCUT2D eigenvalue weighted by molar-refractivity contribution is -0.120. The number of rotatable bonds is 4. The number of nitrogens with one attached hydrogen (secondary N) is 2. The summed E-state index contributed by atoms with van der Waals surface area (Å²) in [6, 6.07) is 3.90. The van der Waals surface area contributed by atoms with Crippen molar-refractivity contribution in [3.8, 4) is 0 Å². The normalized spacial score (nSPS) is 10.1. The fourth-order valence-corrected chi connectivity index (χ4v) is 1.16. The molecule has 6 heteroatoms. The van der Waals surface area contributed by atoms with Crippen LogP contribution in [0.15, 0.2) is 18.2 Å². The summed E-state index contributed by atoms with van der Waals surface area (Å²) in [6.07, 6.45) is 0. The van der Waals surface area contributed by atoms with Gasteiger partial charge in [0, 0.05) is 6.04 Å². The SMILES string of the molecule is CC(C)NC(=O)CNC(=O)c1cccc(F)n1. The second-order valence-electron chi connectivity index (χ2n) is 3.75. The number of hydrogen-bond acceptors (Lipinski definition) is 3. The molecule has 0 aliphatic heterocycles. The summed E-state index contributed by atoms with van der Waals surface area (Å²) in [5, 5.41) is 4.96. The van der Waals surface area contributed by atoms with E-state index in [0.717, 1.165) is 6.07 Å². The largest absolute Gasteiger partial charge is 0.352 e. The number of nitrogens with zero attached hydrogens (tertiary/aromatic N) is 1. The first kappa shape index (κ1) is 13.1. The van der Waals surface area contributed by atoms with Gasteiger partial charge in [-0.1, -0.05) is 6.07 Å². The Morgan fingerprint density at radius 3 is 2.71 bits per heavy atom. The van der Waals surface area contributed by atoms with Crippen molar-refractivity contribution in [3.63, 3.8) is 0 Å². The molecule has 1 aromatic heterocycles. The summed E-state index contributed by atoms with van der Waals surface area (Å²) in [5.74, 6) is -1.61. The first-order chi connectivity index (χ1) is 7.99. The van der Waals surface area contributed by atoms with Crippen molar-refractivity contribution in [2.45, 2.75) is 19.9 Å². The average Bonchev–Trinajstić information content (AvgIpc) is 2.25. The van der Waals surface area contributed by atoms with Crippen molar-refractivity contribution in [2.75, 3.05) is 6.54 Å². The molecule has 2 N–H and O–H groups in total. The Balaban J connectivity index is 2.48. The van der Waals surface area contributed by atoms with Crippen LogP contribution in [-0.2, 0) is 4.79 Å². The number of aromatic nitrogens is 1. The van der Waals surface area contributed by atoms with Crippen molar-refractivity contribution in [2.24, 2.45) is 0 Å². The lowest BCUT2D eigenvalue weighted by Gasteiger charge is -2.08. The van der Waals surface area contributed by atoms with E-state index >= 15 is 0 Å². The van der Waals surface area contributed by atoms with Gasteiger partial charge < -0.3 is 10.6 Å². The zero-order chi connectivity index (χ0) is 12.8. The maximum absolute atomic E-state index is 12.7. The third kappa shape index (κ3) is 4.58. The number of carbonyl (C=O) groups is 2. The monoisotopic (exact) mass is 239 g/mol. The molecule has 0 spiro atoms. The van der Waals surface area contributed by atoms with Crippen LogP contribution in [0.3, 0.4) is 0 Å². The van der Waals surface area contributed by atoms with Crippen molar-refractivity contribution >= 4 is 11.8 Å². The predicted molar refractivity (Wildman–Crippen MR) is 59.8 cm³/mol. The van der Waals surface area contributed by atoms with Gasteiger partial charge in [0.2, 0.25) is 11.9 Å². The Bertz CT molecular complexity index is 421. The summed E-state index contributed by atoms with van der Waals surface area (Å²) < 4.78 is 12.7. The van der Waals surface area contributed by atoms with Crippen LogP contribution in [0, 0.1) is 5.95 Å². The third-order valence-electron chi connectivity index (χ3n) is 1.81. The molecule has 0 radical (unpaired) electrons. The number of hydrogen-bond donors (Lipinski definition) is 2. The molecule has 0 bridgehead atoms. The number of halogens is 1. The lowest BCUT2D eigenvalue weighted by Crippen LogP contribution is -2.40. The highest BCUT2D eigenvalue weighted by Crippen LogP contribution is 1.97. The quantitative estimate of drug-likeness (QED) is 0.750. The van der Waals surface area contributed by atoms with E-state index in [1.165, 1.54) is 12.1 Å². The highest BCUT2D eigenvalue weighted by atomic mass is 19.1. The van der Waals surface area contributed by atoms with E-state index in [9.17, 15) is 14.0 Å². The van der Waals surface area contributed by atoms with Gasteiger partial charge in [0.05, 0.1) is 6.54 Å². The van der Waals surface area contributed by atoms with Gasteiger partial charge in [0.15, 0.2) is 0 Å². The summed E-state index contributed by atoms with van der Waals surface area (Å²) in [4.78, 5) is 26.1. The molecule has 2 amide bonds. The molecule has 5 nitrogen and oxygen atoms in total. The Kier molecular flexibility index (Phi) is 4.56. The molecule has 92 valence electrons. The highest BCUT2D eigenvalue weighted by Gasteiger charge is 2.10. The van der Waals surface area contributed by atoms with Gasteiger partial charge >= 0.3 is 0 Å². The molecule has 0 saturated carbocycles.